The van der Waals surface area contributed by atoms with E-state index >= 15 is 0 Å². The van der Waals surface area contributed by atoms with Crippen molar-refractivity contribution in [2.75, 3.05) is 14.2 Å². The molecule has 0 amide bonds. The molecule has 0 bridgehead atoms. The molecule has 0 saturated heterocycles. The average Bonchev–Trinajstić information content (AvgIpc) is 3.31. The molecule has 1 aliphatic carbocycles. The van der Waals surface area contributed by atoms with E-state index in [1.807, 2.05) is 12.1 Å². The molecule has 5 heteroatoms. The summed E-state index contributed by atoms with van der Waals surface area (Å²) in [4.78, 5) is 8.86. The average molecular weight is 405 g/mol. The molecule has 1 atom stereocenters. The first-order valence-corrected chi connectivity index (χ1v) is 10.5. The zero-order valence-corrected chi connectivity index (χ0v) is 17.6. The molecule has 0 N–H and O–H groups in total. The highest BCUT2D eigenvalue weighted by atomic mass is 16.5. The second-order valence-corrected chi connectivity index (χ2v) is 7.61. The molecule has 1 fully saturated rings. The summed E-state index contributed by atoms with van der Waals surface area (Å²) < 4.78 is 17.4. The van der Waals surface area contributed by atoms with Crippen LogP contribution in [-0.4, -0.2) is 30.3 Å². The van der Waals surface area contributed by atoms with E-state index in [1.165, 1.54) is 18.4 Å². The molecule has 0 radical (unpaired) electrons. The number of hydrogen-bond donors (Lipinski definition) is 0. The molecule has 1 aliphatic rings. The van der Waals surface area contributed by atoms with Crippen LogP contribution in [0.5, 0.6) is 17.4 Å². The molecule has 0 spiro atoms. The Kier molecular flexibility index (Phi) is 6.47. The van der Waals surface area contributed by atoms with Crippen molar-refractivity contribution in [3.63, 3.8) is 0 Å². The molecule has 5 nitrogen and oxygen atoms in total. The summed E-state index contributed by atoms with van der Waals surface area (Å²) in [5.74, 6) is 2.24. The molecular weight excluding hydrogens is 376 g/mol. The Labute approximate surface area is 178 Å². The fourth-order valence-electron chi connectivity index (χ4n) is 4.16. The van der Waals surface area contributed by atoms with Crippen LogP contribution in [0.1, 0.15) is 48.4 Å². The van der Waals surface area contributed by atoms with Gasteiger partial charge in [0.05, 0.1) is 20.3 Å². The predicted molar refractivity (Wildman–Crippen MR) is 116 cm³/mol. The third-order valence-electron chi connectivity index (χ3n) is 5.71. The molecule has 1 unspecified atom stereocenters. The van der Waals surface area contributed by atoms with Crippen molar-refractivity contribution in [1.29, 1.82) is 0 Å². The molecule has 1 aromatic heterocycles. The van der Waals surface area contributed by atoms with Crippen molar-refractivity contribution in [1.82, 2.24) is 9.97 Å². The molecule has 2 aromatic carbocycles. The monoisotopic (exact) mass is 404 g/mol. The summed E-state index contributed by atoms with van der Waals surface area (Å²) in [6, 6.07) is 16.7. The van der Waals surface area contributed by atoms with E-state index in [0.29, 0.717) is 12.3 Å². The lowest BCUT2D eigenvalue weighted by molar-refractivity contribution is 0.200. The van der Waals surface area contributed by atoms with Gasteiger partial charge in [0, 0.05) is 24.7 Å². The standard InChI is InChI=1S/C25H28N2O3/c1-28-23-13-12-19(16-24(23)30-20-10-6-7-11-20)21(18-8-4-3-5-9-18)17-22-25(29-2)27-15-14-26-22/h3-5,8-9,12-16,20-21H,6-7,10-11,17H2,1-2H3. The first-order valence-electron chi connectivity index (χ1n) is 10.5. The van der Waals surface area contributed by atoms with Crippen LogP contribution in [0.3, 0.4) is 0 Å². The van der Waals surface area contributed by atoms with E-state index < -0.39 is 0 Å². The number of hydrogen-bond acceptors (Lipinski definition) is 5. The van der Waals surface area contributed by atoms with Crippen LogP contribution in [0, 0.1) is 0 Å². The zero-order valence-electron chi connectivity index (χ0n) is 17.6. The molecule has 0 aliphatic heterocycles. The van der Waals surface area contributed by atoms with Crippen LogP contribution in [-0.2, 0) is 6.42 Å². The van der Waals surface area contributed by atoms with Crippen molar-refractivity contribution in [3.8, 4) is 17.4 Å². The lowest BCUT2D eigenvalue weighted by atomic mass is 9.87. The summed E-state index contributed by atoms with van der Waals surface area (Å²) >= 11 is 0. The van der Waals surface area contributed by atoms with Gasteiger partial charge in [-0.25, -0.2) is 4.98 Å². The van der Waals surface area contributed by atoms with Gasteiger partial charge < -0.3 is 14.2 Å². The number of benzene rings is 2. The number of nitrogens with zero attached hydrogens (tertiary/aromatic N) is 2. The van der Waals surface area contributed by atoms with E-state index in [2.05, 4.69) is 46.4 Å². The molecule has 1 saturated carbocycles. The highest BCUT2D eigenvalue weighted by Gasteiger charge is 2.22. The van der Waals surface area contributed by atoms with E-state index in [0.717, 1.165) is 35.6 Å². The summed E-state index contributed by atoms with van der Waals surface area (Å²) in [5.41, 5.74) is 3.20. The highest BCUT2D eigenvalue weighted by Crippen LogP contribution is 2.37. The summed E-state index contributed by atoms with van der Waals surface area (Å²) in [6.07, 6.45) is 8.97. The third-order valence-corrected chi connectivity index (χ3v) is 5.71. The van der Waals surface area contributed by atoms with E-state index in [1.54, 1.807) is 26.6 Å². The number of rotatable bonds is 8. The Morgan fingerprint density at radius 2 is 1.63 bits per heavy atom. The van der Waals surface area contributed by atoms with Gasteiger partial charge in [0.15, 0.2) is 11.5 Å². The smallest absolute Gasteiger partial charge is 0.235 e. The molecular formula is C25H28N2O3. The highest BCUT2D eigenvalue weighted by molar-refractivity contribution is 5.47. The van der Waals surface area contributed by atoms with Crippen LogP contribution < -0.4 is 14.2 Å². The van der Waals surface area contributed by atoms with Crippen LogP contribution in [0.15, 0.2) is 60.9 Å². The third kappa shape index (κ3) is 4.56. The normalized spacial score (nSPS) is 15.0. The minimum Gasteiger partial charge on any atom is -0.493 e. The maximum Gasteiger partial charge on any atom is 0.235 e. The van der Waals surface area contributed by atoms with Crippen molar-refractivity contribution >= 4 is 0 Å². The fraction of sp³-hybridized carbons (Fsp3) is 0.360. The van der Waals surface area contributed by atoms with Crippen molar-refractivity contribution in [2.24, 2.45) is 0 Å². The van der Waals surface area contributed by atoms with Gasteiger partial charge in [-0.2, -0.15) is 0 Å². The van der Waals surface area contributed by atoms with Gasteiger partial charge in [-0.3, -0.25) is 4.98 Å². The van der Waals surface area contributed by atoms with Crippen molar-refractivity contribution < 1.29 is 14.2 Å². The Morgan fingerprint density at radius 1 is 0.867 bits per heavy atom. The first-order chi connectivity index (χ1) is 14.8. The van der Waals surface area contributed by atoms with Gasteiger partial charge >= 0.3 is 0 Å². The van der Waals surface area contributed by atoms with Crippen LogP contribution >= 0.6 is 0 Å². The number of methoxy groups -OCH3 is 2. The van der Waals surface area contributed by atoms with Crippen LogP contribution in [0.25, 0.3) is 0 Å². The van der Waals surface area contributed by atoms with Crippen molar-refractivity contribution in [3.05, 3.63) is 77.7 Å². The summed E-state index contributed by atoms with van der Waals surface area (Å²) in [6.45, 7) is 0. The lowest BCUT2D eigenvalue weighted by Crippen LogP contribution is -2.13. The van der Waals surface area contributed by atoms with Gasteiger partial charge in [-0.15, -0.1) is 0 Å². The fourth-order valence-corrected chi connectivity index (χ4v) is 4.16. The topological polar surface area (TPSA) is 53.5 Å². The molecule has 4 rings (SSSR count). The van der Waals surface area contributed by atoms with Gasteiger partial charge in [0.25, 0.3) is 0 Å². The minimum atomic E-state index is 0.0913. The maximum atomic E-state index is 6.34. The molecule has 1 heterocycles. The molecule has 3 aromatic rings. The van der Waals surface area contributed by atoms with Gasteiger partial charge in [0.1, 0.15) is 5.69 Å². The van der Waals surface area contributed by atoms with Gasteiger partial charge in [0.2, 0.25) is 5.88 Å². The largest absolute Gasteiger partial charge is 0.493 e. The molecule has 156 valence electrons. The summed E-state index contributed by atoms with van der Waals surface area (Å²) in [5, 5.41) is 0. The minimum absolute atomic E-state index is 0.0913. The first kappa shape index (κ1) is 20.2. The second kappa shape index (κ2) is 9.61. The zero-order chi connectivity index (χ0) is 20.8. The molecule has 30 heavy (non-hydrogen) atoms. The quantitative estimate of drug-likeness (QED) is 0.517. The number of aromatic nitrogens is 2. The SMILES string of the molecule is COc1ccc(C(Cc2nccnc2OC)c2ccccc2)cc1OC1CCCC1. The Bertz CT molecular complexity index is 956. The van der Waals surface area contributed by atoms with Crippen LogP contribution in [0.2, 0.25) is 0 Å². The Balaban J connectivity index is 1.71. The predicted octanol–water partition coefficient (Wildman–Crippen LogP) is 5.19. The van der Waals surface area contributed by atoms with Crippen LogP contribution in [0.4, 0.5) is 0 Å². The van der Waals surface area contributed by atoms with E-state index in [-0.39, 0.29) is 12.0 Å². The van der Waals surface area contributed by atoms with Gasteiger partial charge in [-0.1, -0.05) is 36.4 Å². The van der Waals surface area contributed by atoms with E-state index in [9.17, 15) is 0 Å². The second-order valence-electron chi connectivity index (χ2n) is 7.61. The Hall–Kier alpha value is -3.08. The lowest BCUT2D eigenvalue weighted by Gasteiger charge is -2.22. The maximum absolute atomic E-state index is 6.34. The van der Waals surface area contributed by atoms with Crippen molar-refractivity contribution in [2.45, 2.75) is 44.1 Å². The van der Waals surface area contributed by atoms with E-state index in [4.69, 9.17) is 14.2 Å². The van der Waals surface area contributed by atoms with Gasteiger partial charge in [-0.05, 0) is 48.9 Å². The Morgan fingerprint density at radius 3 is 2.37 bits per heavy atom. The summed E-state index contributed by atoms with van der Waals surface area (Å²) in [7, 11) is 3.32. The number of ether oxygens (including phenoxy) is 3.